The highest BCUT2D eigenvalue weighted by Gasteiger charge is 2.14. The van der Waals surface area contributed by atoms with Gasteiger partial charge >= 0.3 is 0 Å². The minimum absolute atomic E-state index is 0.269. The number of rotatable bonds is 7. The van der Waals surface area contributed by atoms with Gasteiger partial charge < -0.3 is 10.4 Å². The van der Waals surface area contributed by atoms with E-state index in [1.807, 2.05) is 0 Å². The van der Waals surface area contributed by atoms with Crippen LogP contribution in [0.5, 0.6) is 0 Å². The van der Waals surface area contributed by atoms with E-state index in [2.05, 4.69) is 11.9 Å². The molecule has 2 unspecified atom stereocenters. The van der Waals surface area contributed by atoms with Gasteiger partial charge in [-0.1, -0.05) is 18.2 Å². The molecule has 0 aromatic heterocycles. The van der Waals surface area contributed by atoms with Crippen molar-refractivity contribution in [3.8, 4) is 0 Å². The Morgan fingerprint density at radius 3 is 2.83 bits per heavy atom. The largest absolute Gasteiger partial charge is 0.392 e. The molecule has 0 heterocycles. The maximum atomic E-state index is 13.5. The van der Waals surface area contributed by atoms with Crippen molar-refractivity contribution in [2.75, 3.05) is 6.54 Å². The van der Waals surface area contributed by atoms with E-state index >= 15 is 0 Å². The molecule has 0 bridgehead atoms. The van der Waals surface area contributed by atoms with Crippen molar-refractivity contribution in [3.05, 3.63) is 48.1 Å². The number of hydrogen-bond donors (Lipinski definition) is 2. The topological polar surface area (TPSA) is 32.3 Å². The summed E-state index contributed by atoms with van der Waals surface area (Å²) in [4.78, 5) is 0. The zero-order valence-corrected chi connectivity index (χ0v) is 10.5. The van der Waals surface area contributed by atoms with Crippen molar-refractivity contribution in [2.45, 2.75) is 31.9 Å². The van der Waals surface area contributed by atoms with Crippen molar-refractivity contribution < 1.29 is 13.9 Å². The fourth-order valence-electron chi connectivity index (χ4n) is 1.69. The number of nitrogens with one attached hydrogen (secondary N) is 1. The van der Waals surface area contributed by atoms with Crippen LogP contribution in [0.15, 0.2) is 30.9 Å². The van der Waals surface area contributed by atoms with E-state index in [0.29, 0.717) is 13.0 Å². The van der Waals surface area contributed by atoms with Crippen LogP contribution < -0.4 is 5.32 Å². The van der Waals surface area contributed by atoms with Gasteiger partial charge in [0, 0.05) is 18.2 Å². The summed E-state index contributed by atoms with van der Waals surface area (Å²) in [5.41, 5.74) is 0.269. The maximum absolute atomic E-state index is 13.5. The van der Waals surface area contributed by atoms with E-state index in [9.17, 15) is 13.9 Å². The zero-order chi connectivity index (χ0) is 13.5. The van der Waals surface area contributed by atoms with Gasteiger partial charge in [-0.25, -0.2) is 8.78 Å². The molecule has 0 radical (unpaired) electrons. The minimum Gasteiger partial charge on any atom is -0.392 e. The Morgan fingerprint density at radius 1 is 1.44 bits per heavy atom. The van der Waals surface area contributed by atoms with Crippen molar-refractivity contribution in [1.82, 2.24) is 5.32 Å². The molecule has 4 heteroatoms. The van der Waals surface area contributed by atoms with Gasteiger partial charge in [0.25, 0.3) is 0 Å². The van der Waals surface area contributed by atoms with Gasteiger partial charge in [0.2, 0.25) is 0 Å². The summed E-state index contributed by atoms with van der Waals surface area (Å²) in [5, 5.41) is 12.6. The first-order valence-electron chi connectivity index (χ1n) is 6.02. The molecule has 2 nitrogen and oxygen atoms in total. The van der Waals surface area contributed by atoms with Crippen LogP contribution in [-0.2, 0) is 0 Å². The Morgan fingerprint density at radius 2 is 2.17 bits per heavy atom. The molecule has 0 amide bonds. The normalized spacial score (nSPS) is 14.2. The molecule has 0 aliphatic heterocycles. The van der Waals surface area contributed by atoms with Crippen molar-refractivity contribution in [1.29, 1.82) is 0 Å². The van der Waals surface area contributed by atoms with Crippen LogP contribution in [0, 0.1) is 11.6 Å². The average molecular weight is 255 g/mol. The first-order valence-corrected chi connectivity index (χ1v) is 6.02. The molecular weight excluding hydrogens is 236 g/mol. The van der Waals surface area contributed by atoms with Crippen LogP contribution in [0.3, 0.4) is 0 Å². The number of benzene rings is 1. The molecule has 0 aliphatic carbocycles. The first kappa shape index (κ1) is 14.8. The first-order chi connectivity index (χ1) is 8.56. The van der Waals surface area contributed by atoms with Crippen LogP contribution in [0.2, 0.25) is 0 Å². The molecule has 2 N–H and O–H groups in total. The van der Waals surface area contributed by atoms with E-state index in [1.54, 1.807) is 13.0 Å². The standard InChI is InChI=1S/C14H19F2NO/c1-3-4-6-11(18)9-17-10(2)12-7-5-8-13(15)14(12)16/h3,5,7-8,10-11,17-18H,1,4,6,9H2,2H3. The molecule has 18 heavy (non-hydrogen) atoms. The lowest BCUT2D eigenvalue weighted by molar-refractivity contribution is 0.159. The molecule has 2 atom stereocenters. The molecule has 0 aliphatic rings. The number of allylic oxidation sites excluding steroid dienone is 1. The lowest BCUT2D eigenvalue weighted by Crippen LogP contribution is -2.29. The Hall–Kier alpha value is -1.26. The molecular formula is C14H19F2NO. The third kappa shape index (κ3) is 4.20. The highest BCUT2D eigenvalue weighted by molar-refractivity contribution is 5.21. The molecule has 1 aromatic carbocycles. The van der Waals surface area contributed by atoms with Gasteiger partial charge in [-0.15, -0.1) is 6.58 Å². The Bertz CT molecular complexity index is 395. The summed E-state index contributed by atoms with van der Waals surface area (Å²) in [5.74, 6) is -1.69. The quantitative estimate of drug-likeness (QED) is 0.734. The molecule has 0 saturated carbocycles. The average Bonchev–Trinajstić information content (AvgIpc) is 2.36. The SMILES string of the molecule is C=CCCC(O)CNC(C)c1cccc(F)c1F. The van der Waals surface area contributed by atoms with Gasteiger partial charge in [-0.05, 0) is 25.8 Å². The lowest BCUT2D eigenvalue weighted by atomic mass is 10.1. The Balaban J connectivity index is 2.52. The van der Waals surface area contributed by atoms with E-state index < -0.39 is 17.7 Å². The molecule has 0 spiro atoms. The second kappa shape index (κ2) is 7.24. The Kier molecular flexibility index (Phi) is 5.95. The zero-order valence-electron chi connectivity index (χ0n) is 10.5. The highest BCUT2D eigenvalue weighted by Crippen LogP contribution is 2.18. The van der Waals surface area contributed by atoms with E-state index in [0.717, 1.165) is 12.5 Å². The smallest absolute Gasteiger partial charge is 0.163 e. The number of hydrogen-bond acceptors (Lipinski definition) is 2. The van der Waals surface area contributed by atoms with Crippen molar-refractivity contribution >= 4 is 0 Å². The van der Waals surface area contributed by atoms with Crippen molar-refractivity contribution in [3.63, 3.8) is 0 Å². The van der Waals surface area contributed by atoms with Crippen LogP contribution in [0.25, 0.3) is 0 Å². The fraction of sp³-hybridized carbons (Fsp3) is 0.429. The third-order valence-electron chi connectivity index (χ3n) is 2.81. The third-order valence-corrected chi connectivity index (χ3v) is 2.81. The fourth-order valence-corrected chi connectivity index (χ4v) is 1.69. The molecule has 0 fully saturated rings. The van der Waals surface area contributed by atoms with E-state index in [1.165, 1.54) is 12.1 Å². The predicted octanol–water partition coefficient (Wildman–Crippen LogP) is 2.94. The van der Waals surface area contributed by atoms with Crippen LogP contribution >= 0.6 is 0 Å². The van der Waals surface area contributed by atoms with Gasteiger partial charge in [-0.2, -0.15) is 0 Å². The minimum atomic E-state index is -0.853. The van der Waals surface area contributed by atoms with Gasteiger partial charge in [0.1, 0.15) is 0 Å². The van der Waals surface area contributed by atoms with Crippen LogP contribution in [0.1, 0.15) is 31.4 Å². The molecule has 1 rings (SSSR count). The summed E-state index contributed by atoms with van der Waals surface area (Å²) in [6.07, 6.45) is 2.56. The van der Waals surface area contributed by atoms with Crippen LogP contribution in [0.4, 0.5) is 8.78 Å². The second-order valence-electron chi connectivity index (χ2n) is 4.29. The van der Waals surface area contributed by atoms with Gasteiger partial charge in [0.15, 0.2) is 11.6 Å². The summed E-state index contributed by atoms with van der Waals surface area (Å²) in [6, 6.07) is 3.75. The van der Waals surface area contributed by atoms with Gasteiger partial charge in [-0.3, -0.25) is 0 Å². The molecule has 0 saturated heterocycles. The summed E-state index contributed by atoms with van der Waals surface area (Å²) in [7, 11) is 0. The van der Waals surface area contributed by atoms with E-state index in [-0.39, 0.29) is 11.6 Å². The number of aliphatic hydroxyl groups is 1. The van der Waals surface area contributed by atoms with Crippen LogP contribution in [-0.4, -0.2) is 17.8 Å². The number of halogens is 2. The summed E-state index contributed by atoms with van der Waals surface area (Å²) in [6.45, 7) is 5.65. The molecule has 100 valence electrons. The van der Waals surface area contributed by atoms with Crippen molar-refractivity contribution in [2.24, 2.45) is 0 Å². The molecule has 1 aromatic rings. The lowest BCUT2D eigenvalue weighted by Gasteiger charge is -2.17. The predicted molar refractivity (Wildman–Crippen MR) is 68.2 cm³/mol. The van der Waals surface area contributed by atoms with Gasteiger partial charge in [0.05, 0.1) is 6.10 Å². The monoisotopic (exact) mass is 255 g/mol. The number of aliphatic hydroxyl groups excluding tert-OH is 1. The van der Waals surface area contributed by atoms with E-state index in [4.69, 9.17) is 0 Å². The highest BCUT2D eigenvalue weighted by atomic mass is 19.2. The maximum Gasteiger partial charge on any atom is 0.163 e. The summed E-state index contributed by atoms with van der Waals surface area (Å²) >= 11 is 0. The second-order valence-corrected chi connectivity index (χ2v) is 4.29. The summed E-state index contributed by atoms with van der Waals surface area (Å²) < 4.78 is 26.5. The Labute approximate surface area is 106 Å².